The van der Waals surface area contributed by atoms with Crippen molar-refractivity contribution in [3.05, 3.63) is 10.2 Å². The standard InChI is InChI=1S/C9H13O3.3C4H9.Sn/c1-5-9(2,3)7(10)6-8(11)12-4;3*1-3-4-2;/h1,5H,6H2,2-4H3;3*1,3-4H2,2H3;. The second-order valence-corrected chi connectivity index (χ2v) is 20.9. The third kappa shape index (κ3) is 9.81. The topological polar surface area (TPSA) is 43.4 Å². The first-order valence-electron chi connectivity index (χ1n) is 10.1. The predicted molar refractivity (Wildman–Crippen MR) is 109 cm³/mol. The molecule has 0 saturated heterocycles. The zero-order valence-corrected chi connectivity index (χ0v) is 20.3. The van der Waals surface area contributed by atoms with Gasteiger partial charge in [0.25, 0.3) is 0 Å². The molecule has 0 aliphatic heterocycles. The van der Waals surface area contributed by atoms with Gasteiger partial charge in [0.1, 0.15) is 0 Å². The Bertz CT molecular complexity index is 405. The summed E-state index contributed by atoms with van der Waals surface area (Å²) < 4.78 is 11.3. The Morgan fingerprint density at radius 1 is 0.920 bits per heavy atom. The average molecular weight is 459 g/mol. The molecule has 0 N–H and O–H groups in total. The summed E-state index contributed by atoms with van der Waals surface area (Å²) in [5, 5.41) is 0. The maximum absolute atomic E-state index is 12.5. The van der Waals surface area contributed by atoms with Crippen molar-refractivity contribution in [3.63, 3.8) is 0 Å². The van der Waals surface area contributed by atoms with Gasteiger partial charge in [-0.25, -0.2) is 0 Å². The zero-order valence-electron chi connectivity index (χ0n) is 17.5. The van der Waals surface area contributed by atoms with Crippen molar-refractivity contribution in [1.29, 1.82) is 0 Å². The Hall–Kier alpha value is -0.321. The van der Waals surface area contributed by atoms with E-state index in [9.17, 15) is 9.59 Å². The molecule has 0 heterocycles. The molecule has 3 nitrogen and oxygen atoms in total. The van der Waals surface area contributed by atoms with E-state index in [0.717, 1.165) is 0 Å². The molecule has 0 fully saturated rings. The van der Waals surface area contributed by atoms with Crippen LogP contribution in [0.15, 0.2) is 10.2 Å². The van der Waals surface area contributed by atoms with E-state index in [0.29, 0.717) is 0 Å². The van der Waals surface area contributed by atoms with E-state index in [4.69, 9.17) is 0 Å². The van der Waals surface area contributed by atoms with Crippen molar-refractivity contribution < 1.29 is 14.3 Å². The molecule has 0 bridgehead atoms. The van der Waals surface area contributed by atoms with Gasteiger partial charge in [-0.3, -0.25) is 0 Å². The molecular formula is C21H40O3Sn. The molecule has 0 rings (SSSR count). The van der Waals surface area contributed by atoms with Crippen molar-refractivity contribution >= 4 is 30.1 Å². The summed E-state index contributed by atoms with van der Waals surface area (Å²) in [4.78, 5) is 23.9. The number of carbonyl (C=O) groups is 2. The van der Waals surface area contributed by atoms with Gasteiger partial charge in [-0.2, -0.15) is 0 Å². The summed E-state index contributed by atoms with van der Waals surface area (Å²) in [7, 11) is 1.33. The van der Waals surface area contributed by atoms with Crippen LogP contribution in [0.3, 0.4) is 0 Å². The van der Waals surface area contributed by atoms with E-state index < -0.39 is 29.8 Å². The Morgan fingerprint density at radius 3 is 1.72 bits per heavy atom. The van der Waals surface area contributed by atoms with Crippen molar-refractivity contribution in [2.45, 2.75) is 92.9 Å². The minimum absolute atomic E-state index is 0.0442. The summed E-state index contributed by atoms with van der Waals surface area (Å²) in [5.74, 6) is -0.485. The molecule has 146 valence electrons. The van der Waals surface area contributed by atoms with Crippen molar-refractivity contribution in [3.8, 4) is 0 Å². The number of hydrogen-bond acceptors (Lipinski definition) is 3. The number of hydrogen-bond donors (Lipinski definition) is 0. The van der Waals surface area contributed by atoms with Crippen LogP contribution in [-0.4, -0.2) is 37.2 Å². The number of methoxy groups -OCH3 is 1. The van der Waals surface area contributed by atoms with Gasteiger partial charge in [-0.15, -0.1) is 0 Å². The quantitative estimate of drug-likeness (QED) is 0.179. The van der Waals surface area contributed by atoms with Gasteiger partial charge in [0.15, 0.2) is 0 Å². The van der Waals surface area contributed by atoms with Crippen LogP contribution in [0, 0.1) is 5.41 Å². The SMILES string of the molecule is CCC[CH2][Sn](/[CH]=C/C(C)(C)C(=O)CC(=O)OC)([CH2]CCC)[CH2]CCC. The van der Waals surface area contributed by atoms with Gasteiger partial charge in [-0.1, -0.05) is 0 Å². The van der Waals surface area contributed by atoms with E-state index in [1.54, 1.807) is 0 Å². The average Bonchev–Trinajstić information content (AvgIpc) is 2.60. The molecule has 4 heteroatoms. The number of allylic oxidation sites excluding steroid dienone is 1. The molecule has 0 unspecified atom stereocenters. The molecule has 0 aromatic rings. The van der Waals surface area contributed by atoms with Crippen LogP contribution in [0.25, 0.3) is 0 Å². The van der Waals surface area contributed by atoms with Crippen LogP contribution in [0.2, 0.25) is 13.3 Å². The van der Waals surface area contributed by atoms with E-state index in [-0.39, 0.29) is 12.2 Å². The Morgan fingerprint density at radius 2 is 1.36 bits per heavy atom. The molecule has 0 radical (unpaired) electrons. The molecule has 25 heavy (non-hydrogen) atoms. The van der Waals surface area contributed by atoms with Crippen molar-refractivity contribution in [2.75, 3.05) is 7.11 Å². The summed E-state index contributed by atoms with van der Waals surface area (Å²) in [5.41, 5.74) is -0.582. The molecule has 0 aromatic heterocycles. The Balaban J connectivity index is 5.35. The molecule has 0 aliphatic carbocycles. The van der Waals surface area contributed by atoms with Crippen molar-refractivity contribution in [1.82, 2.24) is 0 Å². The van der Waals surface area contributed by atoms with Gasteiger partial charge < -0.3 is 0 Å². The first kappa shape index (κ1) is 24.7. The normalized spacial score (nSPS) is 12.6. The van der Waals surface area contributed by atoms with Crippen molar-refractivity contribution in [2.24, 2.45) is 5.41 Å². The van der Waals surface area contributed by atoms with Crippen LogP contribution in [0.4, 0.5) is 0 Å². The number of carbonyl (C=O) groups excluding carboxylic acids is 2. The van der Waals surface area contributed by atoms with Gasteiger partial charge in [0.05, 0.1) is 0 Å². The van der Waals surface area contributed by atoms with Crippen LogP contribution in [-0.2, 0) is 14.3 Å². The maximum atomic E-state index is 12.5. The first-order valence-corrected chi connectivity index (χ1v) is 17.8. The zero-order chi connectivity index (χ0) is 19.3. The minimum atomic E-state index is -2.38. The van der Waals surface area contributed by atoms with Gasteiger partial charge in [0, 0.05) is 0 Å². The number of Topliss-reactive ketones (excluding diaryl/α,β-unsaturated/α-hetero) is 1. The molecule has 0 aromatic carbocycles. The fourth-order valence-corrected chi connectivity index (χ4v) is 17.9. The second kappa shape index (κ2) is 12.9. The monoisotopic (exact) mass is 460 g/mol. The second-order valence-electron chi connectivity index (χ2n) is 7.90. The van der Waals surface area contributed by atoms with E-state index in [1.165, 1.54) is 58.9 Å². The third-order valence-electron chi connectivity index (χ3n) is 5.19. The fraction of sp³-hybridized carbons (Fsp3) is 0.810. The van der Waals surface area contributed by atoms with Gasteiger partial charge >= 0.3 is 160 Å². The van der Waals surface area contributed by atoms with Crippen LogP contribution in [0.5, 0.6) is 0 Å². The molecule has 0 spiro atoms. The fourth-order valence-electron chi connectivity index (χ4n) is 3.12. The first-order chi connectivity index (χ1) is 11.8. The Labute approximate surface area is 159 Å². The summed E-state index contributed by atoms with van der Waals surface area (Å²) in [6.07, 6.45) is 9.68. The molecule has 0 aliphatic rings. The molecular weight excluding hydrogens is 419 g/mol. The van der Waals surface area contributed by atoms with E-state index in [2.05, 4.69) is 35.7 Å². The number of ether oxygens (including phenoxy) is 1. The summed E-state index contributed by atoms with van der Waals surface area (Å²) >= 11 is -2.38. The van der Waals surface area contributed by atoms with Crippen LogP contribution >= 0.6 is 0 Å². The number of ketones is 1. The summed E-state index contributed by atoms with van der Waals surface area (Å²) in [6, 6.07) is 0. The molecule has 0 amide bonds. The van der Waals surface area contributed by atoms with Crippen LogP contribution in [0.1, 0.15) is 79.6 Å². The van der Waals surface area contributed by atoms with Gasteiger partial charge in [-0.05, 0) is 0 Å². The third-order valence-corrected chi connectivity index (χ3v) is 19.2. The predicted octanol–water partition coefficient (Wildman–Crippen LogP) is 6.09. The molecule has 0 atom stereocenters. The number of rotatable bonds is 14. The number of unbranched alkanes of at least 4 members (excludes halogenated alkanes) is 3. The Kier molecular flexibility index (Phi) is 12.8. The van der Waals surface area contributed by atoms with E-state index >= 15 is 0 Å². The summed E-state index contributed by atoms with van der Waals surface area (Å²) in [6.45, 7) is 10.7. The van der Waals surface area contributed by atoms with Crippen LogP contribution < -0.4 is 0 Å². The van der Waals surface area contributed by atoms with Gasteiger partial charge in [0.2, 0.25) is 0 Å². The number of esters is 1. The molecule has 0 saturated carbocycles. The van der Waals surface area contributed by atoms with E-state index in [1.807, 2.05) is 13.8 Å².